The summed E-state index contributed by atoms with van der Waals surface area (Å²) < 4.78 is 20.9. The maximum Gasteiger partial charge on any atom is 0.0773 e. The van der Waals surface area contributed by atoms with E-state index in [4.69, 9.17) is 18.9 Å². The zero-order valence-corrected chi connectivity index (χ0v) is 15.6. The molecule has 0 aromatic rings. The average Bonchev–Trinajstić information content (AvgIpc) is 2.55. The largest absolute Gasteiger partial charge is 0.391 e. The van der Waals surface area contributed by atoms with Crippen LogP contribution in [0.15, 0.2) is 0 Å². The van der Waals surface area contributed by atoms with Crippen LogP contribution in [0.3, 0.4) is 0 Å². The molecular weight excluding hydrogens is 312 g/mol. The number of rotatable bonds is 19. The lowest BCUT2D eigenvalue weighted by atomic mass is 10.2. The highest BCUT2D eigenvalue weighted by Gasteiger charge is 2.03. The van der Waals surface area contributed by atoms with Gasteiger partial charge in [0.1, 0.15) is 0 Å². The Morgan fingerprint density at radius 3 is 1.25 bits per heavy atom. The third-order valence-electron chi connectivity index (χ3n) is 3.70. The van der Waals surface area contributed by atoms with Crippen LogP contribution in [0.4, 0.5) is 0 Å². The van der Waals surface area contributed by atoms with E-state index in [1.54, 1.807) is 14.2 Å². The molecule has 0 radical (unpaired) electrons. The fourth-order valence-electron chi connectivity index (χ4n) is 2.33. The first-order valence-corrected chi connectivity index (χ1v) is 9.20. The van der Waals surface area contributed by atoms with E-state index in [0.29, 0.717) is 13.2 Å². The average molecular weight is 350 g/mol. The molecule has 6 heteroatoms. The molecule has 0 saturated carbocycles. The van der Waals surface area contributed by atoms with E-state index in [0.717, 1.165) is 77.8 Å². The Hall–Kier alpha value is -0.240. The second kappa shape index (κ2) is 19.1. The van der Waals surface area contributed by atoms with Gasteiger partial charge in [-0.1, -0.05) is 0 Å². The van der Waals surface area contributed by atoms with E-state index in [1.807, 2.05) is 0 Å². The smallest absolute Gasteiger partial charge is 0.0773 e. The minimum Gasteiger partial charge on any atom is -0.391 e. The van der Waals surface area contributed by atoms with Gasteiger partial charge in [0.05, 0.1) is 25.4 Å². The minimum absolute atomic E-state index is 0.351. The van der Waals surface area contributed by atoms with Crippen molar-refractivity contribution >= 4 is 0 Å². The number of aliphatic hydroxyl groups is 2. The maximum atomic E-state index is 9.48. The van der Waals surface area contributed by atoms with Gasteiger partial charge in [-0.05, 0) is 51.4 Å². The molecule has 0 aliphatic rings. The lowest BCUT2D eigenvalue weighted by Gasteiger charge is -2.09. The third kappa shape index (κ3) is 18.1. The van der Waals surface area contributed by atoms with Crippen LogP contribution in [-0.4, -0.2) is 76.3 Å². The Kier molecular flexibility index (Phi) is 18.9. The summed E-state index contributed by atoms with van der Waals surface area (Å²) in [6.07, 6.45) is 6.75. The molecule has 2 unspecified atom stereocenters. The SMILES string of the molecule is COCC(O)CCCCOCCCCOCCCCC(O)COC. The van der Waals surface area contributed by atoms with Crippen LogP contribution < -0.4 is 0 Å². The summed E-state index contributed by atoms with van der Waals surface area (Å²) in [6, 6.07) is 0. The Morgan fingerprint density at radius 2 is 0.917 bits per heavy atom. The van der Waals surface area contributed by atoms with Gasteiger partial charge in [-0.2, -0.15) is 0 Å². The highest BCUT2D eigenvalue weighted by molar-refractivity contribution is 4.54. The molecule has 0 spiro atoms. The lowest BCUT2D eigenvalue weighted by molar-refractivity contribution is 0.0531. The first kappa shape index (κ1) is 23.8. The molecule has 0 rings (SSSR count). The zero-order valence-electron chi connectivity index (χ0n) is 15.6. The summed E-state index contributed by atoms with van der Waals surface area (Å²) in [6.45, 7) is 3.87. The van der Waals surface area contributed by atoms with Gasteiger partial charge < -0.3 is 29.2 Å². The summed E-state index contributed by atoms with van der Waals surface area (Å²) in [5.41, 5.74) is 0. The van der Waals surface area contributed by atoms with Gasteiger partial charge in [0.2, 0.25) is 0 Å². The fourth-order valence-corrected chi connectivity index (χ4v) is 2.33. The van der Waals surface area contributed by atoms with Gasteiger partial charge in [0.15, 0.2) is 0 Å². The number of hydrogen-bond acceptors (Lipinski definition) is 6. The summed E-state index contributed by atoms with van der Waals surface area (Å²) in [5, 5.41) is 19.0. The van der Waals surface area contributed by atoms with Gasteiger partial charge in [-0.15, -0.1) is 0 Å². The Balaban J connectivity index is 3.07. The highest BCUT2D eigenvalue weighted by Crippen LogP contribution is 2.03. The Labute approximate surface area is 147 Å². The minimum atomic E-state index is -0.351. The molecule has 0 fully saturated rings. The van der Waals surface area contributed by atoms with Crippen LogP contribution >= 0.6 is 0 Å². The van der Waals surface area contributed by atoms with Crippen LogP contribution in [0, 0.1) is 0 Å². The van der Waals surface area contributed by atoms with Crippen LogP contribution in [-0.2, 0) is 18.9 Å². The van der Waals surface area contributed by atoms with Crippen molar-refractivity contribution < 1.29 is 29.2 Å². The van der Waals surface area contributed by atoms with Crippen LogP contribution in [0.2, 0.25) is 0 Å². The molecule has 0 aliphatic carbocycles. The molecule has 146 valence electrons. The second-order valence-electron chi connectivity index (χ2n) is 6.14. The van der Waals surface area contributed by atoms with Gasteiger partial charge >= 0.3 is 0 Å². The van der Waals surface area contributed by atoms with Crippen molar-refractivity contribution in [3.63, 3.8) is 0 Å². The van der Waals surface area contributed by atoms with Gasteiger partial charge in [0.25, 0.3) is 0 Å². The molecule has 6 nitrogen and oxygen atoms in total. The molecule has 0 aliphatic heterocycles. The fraction of sp³-hybridized carbons (Fsp3) is 1.00. The quantitative estimate of drug-likeness (QED) is 0.348. The van der Waals surface area contributed by atoms with Crippen LogP contribution in [0.25, 0.3) is 0 Å². The molecule has 0 amide bonds. The molecule has 2 N–H and O–H groups in total. The normalized spacial score (nSPS) is 14.0. The zero-order chi connectivity index (χ0) is 17.9. The van der Waals surface area contributed by atoms with Crippen LogP contribution in [0.1, 0.15) is 51.4 Å². The van der Waals surface area contributed by atoms with Gasteiger partial charge in [0, 0.05) is 40.6 Å². The van der Waals surface area contributed by atoms with E-state index in [2.05, 4.69) is 0 Å². The van der Waals surface area contributed by atoms with E-state index >= 15 is 0 Å². The van der Waals surface area contributed by atoms with E-state index in [9.17, 15) is 10.2 Å². The first-order chi connectivity index (χ1) is 11.7. The number of aliphatic hydroxyl groups excluding tert-OH is 2. The van der Waals surface area contributed by atoms with Crippen molar-refractivity contribution in [2.24, 2.45) is 0 Å². The van der Waals surface area contributed by atoms with Crippen molar-refractivity contribution in [3.05, 3.63) is 0 Å². The van der Waals surface area contributed by atoms with Crippen molar-refractivity contribution in [1.29, 1.82) is 0 Å². The molecular formula is C18H38O6. The number of ether oxygens (including phenoxy) is 4. The van der Waals surface area contributed by atoms with Crippen molar-refractivity contribution in [2.45, 2.75) is 63.6 Å². The Bertz CT molecular complexity index is 216. The van der Waals surface area contributed by atoms with E-state index < -0.39 is 0 Å². The Morgan fingerprint density at radius 1 is 0.583 bits per heavy atom. The molecule has 24 heavy (non-hydrogen) atoms. The number of methoxy groups -OCH3 is 2. The summed E-state index contributed by atoms with van der Waals surface area (Å²) in [5.74, 6) is 0. The predicted molar refractivity (Wildman–Crippen MR) is 94.3 cm³/mol. The second-order valence-corrected chi connectivity index (χ2v) is 6.14. The monoisotopic (exact) mass is 350 g/mol. The molecule has 0 heterocycles. The van der Waals surface area contributed by atoms with Crippen molar-refractivity contribution in [2.75, 3.05) is 53.9 Å². The molecule has 0 aromatic heterocycles. The van der Waals surface area contributed by atoms with Crippen LogP contribution in [0.5, 0.6) is 0 Å². The third-order valence-corrected chi connectivity index (χ3v) is 3.70. The first-order valence-electron chi connectivity index (χ1n) is 9.20. The maximum absolute atomic E-state index is 9.48. The number of hydrogen-bond donors (Lipinski definition) is 2. The highest BCUT2D eigenvalue weighted by atomic mass is 16.5. The lowest BCUT2D eigenvalue weighted by Crippen LogP contribution is -2.13. The van der Waals surface area contributed by atoms with Crippen molar-refractivity contribution in [3.8, 4) is 0 Å². The van der Waals surface area contributed by atoms with Gasteiger partial charge in [-0.3, -0.25) is 0 Å². The van der Waals surface area contributed by atoms with Crippen molar-refractivity contribution in [1.82, 2.24) is 0 Å². The predicted octanol–water partition coefficient (Wildman–Crippen LogP) is 2.16. The summed E-state index contributed by atoms with van der Waals surface area (Å²) in [7, 11) is 3.20. The summed E-state index contributed by atoms with van der Waals surface area (Å²) in [4.78, 5) is 0. The molecule has 2 atom stereocenters. The number of unbranched alkanes of at least 4 members (excludes halogenated alkanes) is 3. The topological polar surface area (TPSA) is 77.4 Å². The molecule has 0 saturated heterocycles. The summed E-state index contributed by atoms with van der Waals surface area (Å²) >= 11 is 0. The van der Waals surface area contributed by atoms with E-state index in [1.165, 1.54) is 0 Å². The van der Waals surface area contributed by atoms with Gasteiger partial charge in [-0.25, -0.2) is 0 Å². The molecule has 0 bridgehead atoms. The molecule has 0 aromatic carbocycles. The van der Waals surface area contributed by atoms with E-state index in [-0.39, 0.29) is 12.2 Å². The standard InChI is InChI=1S/C18H38O6/c1-21-15-17(19)9-3-5-11-23-13-7-8-14-24-12-6-4-10-18(20)16-22-2/h17-20H,3-16H2,1-2H3.